The van der Waals surface area contributed by atoms with Gasteiger partial charge in [0.2, 0.25) is 5.91 Å². The Kier molecular flexibility index (Phi) is 2.26. The highest BCUT2D eigenvalue weighted by atomic mass is 16.1. The predicted molar refractivity (Wildman–Crippen MR) is 55.9 cm³/mol. The minimum atomic E-state index is 0.0944. The number of benzene rings is 1. The maximum absolute atomic E-state index is 10.9. The average Bonchev–Trinajstić information content (AvgIpc) is 2.56. The fraction of sp³-hybridized carbons (Fsp3) is 0.300. The summed E-state index contributed by atoms with van der Waals surface area (Å²) in [6, 6.07) is 7.72. The van der Waals surface area contributed by atoms with Gasteiger partial charge in [0.05, 0.1) is 17.4 Å². The van der Waals surface area contributed by atoms with Crippen LogP contribution in [0.1, 0.15) is 6.42 Å². The number of hydrogen-bond acceptors (Lipinski definition) is 3. The molecule has 0 spiro atoms. The molecule has 0 radical (unpaired) electrons. The molecule has 4 heteroatoms. The molecule has 4 nitrogen and oxygen atoms in total. The molecule has 1 aromatic carbocycles. The normalized spacial score (nSPS) is 20.6. The van der Waals surface area contributed by atoms with Crippen molar-refractivity contribution in [1.82, 2.24) is 5.32 Å². The first-order chi connectivity index (χ1) is 6.75. The van der Waals surface area contributed by atoms with Gasteiger partial charge in [-0.1, -0.05) is 12.1 Å². The van der Waals surface area contributed by atoms with E-state index in [9.17, 15) is 4.79 Å². The highest BCUT2D eigenvalue weighted by Crippen LogP contribution is 2.19. The van der Waals surface area contributed by atoms with Crippen molar-refractivity contribution < 1.29 is 4.79 Å². The van der Waals surface area contributed by atoms with Crippen LogP contribution in [0.5, 0.6) is 0 Å². The minimum absolute atomic E-state index is 0.0944. The Morgan fingerprint density at radius 3 is 2.86 bits per heavy atom. The van der Waals surface area contributed by atoms with Gasteiger partial charge in [0.25, 0.3) is 0 Å². The number of anilines is 2. The Balaban J connectivity index is 2.04. The van der Waals surface area contributed by atoms with E-state index in [-0.39, 0.29) is 11.9 Å². The summed E-state index contributed by atoms with van der Waals surface area (Å²) in [4.78, 5) is 10.9. The molecule has 1 fully saturated rings. The average molecular weight is 191 g/mol. The molecule has 1 aliphatic heterocycles. The maximum atomic E-state index is 10.9. The second-order valence-corrected chi connectivity index (χ2v) is 3.44. The van der Waals surface area contributed by atoms with Gasteiger partial charge < -0.3 is 16.4 Å². The number of hydrogen-bond donors (Lipinski definition) is 3. The SMILES string of the molecule is Nc1ccccc1NC1CNC(=O)C1. The van der Waals surface area contributed by atoms with Crippen LogP contribution in [-0.4, -0.2) is 18.5 Å². The van der Waals surface area contributed by atoms with Crippen LogP contribution in [0.25, 0.3) is 0 Å². The van der Waals surface area contributed by atoms with Crippen molar-refractivity contribution in [3.05, 3.63) is 24.3 Å². The van der Waals surface area contributed by atoms with E-state index in [1.165, 1.54) is 0 Å². The topological polar surface area (TPSA) is 67.2 Å². The lowest BCUT2D eigenvalue weighted by atomic mass is 10.2. The number of rotatable bonds is 2. The molecule has 1 amide bonds. The lowest BCUT2D eigenvalue weighted by Crippen LogP contribution is -2.22. The van der Waals surface area contributed by atoms with Crippen LogP contribution in [0.15, 0.2) is 24.3 Å². The largest absolute Gasteiger partial charge is 0.397 e. The number of nitrogens with one attached hydrogen (secondary N) is 2. The van der Waals surface area contributed by atoms with Crippen molar-refractivity contribution in [2.24, 2.45) is 0 Å². The lowest BCUT2D eigenvalue weighted by Gasteiger charge is -2.13. The maximum Gasteiger partial charge on any atom is 0.222 e. The molecular formula is C10H13N3O. The summed E-state index contributed by atoms with van der Waals surface area (Å²) < 4.78 is 0. The molecule has 0 aliphatic carbocycles. The second-order valence-electron chi connectivity index (χ2n) is 3.44. The van der Waals surface area contributed by atoms with Gasteiger partial charge in [0.1, 0.15) is 0 Å². The van der Waals surface area contributed by atoms with E-state index in [0.717, 1.165) is 5.69 Å². The molecule has 4 N–H and O–H groups in total. The Hall–Kier alpha value is -1.71. The van der Waals surface area contributed by atoms with Crippen LogP contribution in [0, 0.1) is 0 Å². The van der Waals surface area contributed by atoms with Crippen molar-refractivity contribution >= 4 is 17.3 Å². The Morgan fingerprint density at radius 2 is 2.21 bits per heavy atom. The second kappa shape index (κ2) is 3.57. The Labute approximate surface area is 82.5 Å². The number of amides is 1. The van der Waals surface area contributed by atoms with Crippen LogP contribution in [-0.2, 0) is 4.79 Å². The van der Waals surface area contributed by atoms with Crippen molar-refractivity contribution in [3.8, 4) is 0 Å². The van der Waals surface area contributed by atoms with Gasteiger partial charge in [-0.3, -0.25) is 4.79 Å². The van der Waals surface area contributed by atoms with Crippen LogP contribution in [0.4, 0.5) is 11.4 Å². The molecule has 2 rings (SSSR count). The quantitative estimate of drug-likeness (QED) is 0.599. The first-order valence-electron chi connectivity index (χ1n) is 4.63. The number of carbonyl (C=O) groups excluding carboxylic acids is 1. The van der Waals surface area contributed by atoms with Gasteiger partial charge in [-0.15, -0.1) is 0 Å². The predicted octanol–water partition coefficient (Wildman–Crippen LogP) is 0.569. The van der Waals surface area contributed by atoms with Crippen molar-refractivity contribution in [2.45, 2.75) is 12.5 Å². The molecular weight excluding hydrogens is 178 g/mol. The van der Waals surface area contributed by atoms with Gasteiger partial charge in [-0.25, -0.2) is 0 Å². The molecule has 14 heavy (non-hydrogen) atoms. The van der Waals surface area contributed by atoms with E-state index in [1.807, 2.05) is 24.3 Å². The van der Waals surface area contributed by atoms with E-state index in [1.54, 1.807) is 0 Å². The van der Waals surface area contributed by atoms with E-state index in [4.69, 9.17) is 5.73 Å². The number of para-hydroxylation sites is 2. The standard InChI is InChI=1S/C10H13N3O/c11-8-3-1-2-4-9(8)13-7-5-10(14)12-6-7/h1-4,7,13H,5-6,11H2,(H,12,14). The van der Waals surface area contributed by atoms with E-state index < -0.39 is 0 Å². The third-order valence-electron chi connectivity index (χ3n) is 2.30. The summed E-state index contributed by atoms with van der Waals surface area (Å²) in [6.07, 6.45) is 0.522. The Bertz CT molecular complexity index is 351. The van der Waals surface area contributed by atoms with Crippen LogP contribution < -0.4 is 16.4 Å². The zero-order valence-electron chi connectivity index (χ0n) is 7.79. The molecule has 1 atom stereocenters. The summed E-state index contributed by atoms with van der Waals surface area (Å²) in [6.45, 7) is 0.674. The van der Waals surface area contributed by atoms with Gasteiger partial charge >= 0.3 is 0 Å². The van der Waals surface area contributed by atoms with Crippen molar-refractivity contribution in [3.63, 3.8) is 0 Å². The first kappa shape index (κ1) is 8.87. The third-order valence-corrected chi connectivity index (χ3v) is 2.30. The summed E-state index contributed by atoms with van der Waals surface area (Å²) in [5, 5.41) is 6.00. The first-order valence-corrected chi connectivity index (χ1v) is 4.63. The van der Waals surface area contributed by atoms with E-state index in [0.29, 0.717) is 18.7 Å². The monoisotopic (exact) mass is 191 g/mol. The highest BCUT2D eigenvalue weighted by Gasteiger charge is 2.21. The van der Waals surface area contributed by atoms with Gasteiger partial charge in [-0.2, -0.15) is 0 Å². The van der Waals surface area contributed by atoms with Crippen LogP contribution in [0.3, 0.4) is 0 Å². The summed E-state index contributed by atoms with van der Waals surface area (Å²) in [5.74, 6) is 0.0944. The smallest absolute Gasteiger partial charge is 0.222 e. The number of carbonyl (C=O) groups is 1. The highest BCUT2D eigenvalue weighted by molar-refractivity contribution is 5.80. The lowest BCUT2D eigenvalue weighted by molar-refractivity contribution is -0.119. The van der Waals surface area contributed by atoms with E-state index >= 15 is 0 Å². The van der Waals surface area contributed by atoms with Crippen LogP contribution >= 0.6 is 0 Å². The third kappa shape index (κ3) is 1.79. The van der Waals surface area contributed by atoms with E-state index in [2.05, 4.69) is 10.6 Å². The van der Waals surface area contributed by atoms with Gasteiger partial charge in [-0.05, 0) is 12.1 Å². The summed E-state index contributed by atoms with van der Waals surface area (Å²) in [7, 11) is 0. The number of nitrogen functional groups attached to an aromatic ring is 1. The van der Waals surface area contributed by atoms with Crippen molar-refractivity contribution in [1.29, 1.82) is 0 Å². The molecule has 0 bridgehead atoms. The molecule has 1 saturated heterocycles. The minimum Gasteiger partial charge on any atom is -0.397 e. The molecule has 1 unspecified atom stereocenters. The van der Waals surface area contributed by atoms with Gasteiger partial charge in [0.15, 0.2) is 0 Å². The van der Waals surface area contributed by atoms with Crippen molar-refractivity contribution in [2.75, 3.05) is 17.6 Å². The number of nitrogens with two attached hydrogens (primary N) is 1. The molecule has 1 heterocycles. The molecule has 74 valence electrons. The summed E-state index contributed by atoms with van der Waals surface area (Å²) >= 11 is 0. The zero-order valence-corrected chi connectivity index (χ0v) is 7.79. The fourth-order valence-electron chi connectivity index (χ4n) is 1.56. The summed E-state index contributed by atoms with van der Waals surface area (Å²) in [5.41, 5.74) is 7.38. The van der Waals surface area contributed by atoms with Crippen LogP contribution in [0.2, 0.25) is 0 Å². The molecule has 1 aliphatic rings. The zero-order chi connectivity index (χ0) is 9.97. The Morgan fingerprint density at radius 1 is 1.43 bits per heavy atom. The fourth-order valence-corrected chi connectivity index (χ4v) is 1.56. The molecule has 0 saturated carbocycles. The molecule has 1 aromatic rings. The van der Waals surface area contributed by atoms with Gasteiger partial charge in [0, 0.05) is 13.0 Å². The molecule has 0 aromatic heterocycles.